The summed E-state index contributed by atoms with van der Waals surface area (Å²) in [5.74, 6) is 6.14. The molecule has 0 saturated carbocycles. The second kappa shape index (κ2) is 7.32. The van der Waals surface area contributed by atoms with Gasteiger partial charge in [-0.15, -0.1) is 0 Å². The van der Waals surface area contributed by atoms with Gasteiger partial charge in [-0.25, -0.2) is 0 Å². The van der Waals surface area contributed by atoms with E-state index in [1.807, 2.05) is 36.4 Å². The molecule has 0 unspecified atom stereocenters. The highest BCUT2D eigenvalue weighted by Gasteiger charge is 1.89. The molecule has 0 fully saturated rings. The molecule has 18 heavy (non-hydrogen) atoms. The van der Waals surface area contributed by atoms with Crippen LogP contribution in [0.2, 0.25) is 0 Å². The average molecular weight is 236 g/mol. The SMILES string of the molecule is C(#CCc1ccccc1)COCc1ccccc1. The molecule has 2 aromatic carbocycles. The molecule has 0 amide bonds. The molecule has 0 aromatic heterocycles. The van der Waals surface area contributed by atoms with Crippen LogP contribution in [0.1, 0.15) is 11.1 Å². The third-order valence-electron chi connectivity index (χ3n) is 2.55. The van der Waals surface area contributed by atoms with Crippen molar-refractivity contribution < 1.29 is 4.74 Å². The van der Waals surface area contributed by atoms with Crippen LogP contribution in [0.15, 0.2) is 60.7 Å². The second-order valence-electron chi connectivity index (χ2n) is 3.99. The fourth-order valence-corrected chi connectivity index (χ4v) is 1.61. The van der Waals surface area contributed by atoms with Crippen molar-refractivity contribution in [2.45, 2.75) is 13.0 Å². The number of hydrogen-bond acceptors (Lipinski definition) is 1. The van der Waals surface area contributed by atoms with Crippen LogP contribution in [-0.2, 0) is 17.8 Å². The average Bonchev–Trinajstić information content (AvgIpc) is 2.45. The van der Waals surface area contributed by atoms with Gasteiger partial charge in [0.15, 0.2) is 0 Å². The number of rotatable bonds is 4. The van der Waals surface area contributed by atoms with Crippen LogP contribution < -0.4 is 0 Å². The van der Waals surface area contributed by atoms with Gasteiger partial charge >= 0.3 is 0 Å². The molecule has 0 aliphatic heterocycles. The van der Waals surface area contributed by atoms with Crippen molar-refractivity contribution in [2.75, 3.05) is 6.61 Å². The van der Waals surface area contributed by atoms with Crippen molar-refractivity contribution in [2.24, 2.45) is 0 Å². The van der Waals surface area contributed by atoms with Gasteiger partial charge in [-0.2, -0.15) is 0 Å². The van der Waals surface area contributed by atoms with E-state index in [9.17, 15) is 0 Å². The van der Waals surface area contributed by atoms with E-state index in [1.165, 1.54) is 11.1 Å². The Morgan fingerprint density at radius 2 is 1.33 bits per heavy atom. The fraction of sp³-hybridized carbons (Fsp3) is 0.176. The summed E-state index contributed by atoms with van der Waals surface area (Å²) in [6.07, 6.45) is 0.787. The van der Waals surface area contributed by atoms with E-state index in [2.05, 4.69) is 36.1 Å². The van der Waals surface area contributed by atoms with Gasteiger partial charge in [0, 0.05) is 6.42 Å². The summed E-state index contributed by atoms with van der Waals surface area (Å²) in [6, 6.07) is 20.4. The summed E-state index contributed by atoms with van der Waals surface area (Å²) in [7, 11) is 0. The first kappa shape index (κ1) is 12.4. The standard InChI is InChI=1S/C17H16O/c1-3-9-16(10-4-1)11-7-8-14-18-15-17-12-5-2-6-13-17/h1-6,9-10,12-13H,11,14-15H2. The van der Waals surface area contributed by atoms with E-state index in [0.717, 1.165) is 6.42 Å². The molecular weight excluding hydrogens is 220 g/mol. The molecule has 0 aliphatic rings. The molecule has 0 N–H and O–H groups in total. The highest BCUT2D eigenvalue weighted by molar-refractivity contribution is 5.20. The third kappa shape index (κ3) is 4.45. The van der Waals surface area contributed by atoms with Crippen molar-refractivity contribution in [3.8, 4) is 11.8 Å². The van der Waals surface area contributed by atoms with Crippen molar-refractivity contribution in [1.82, 2.24) is 0 Å². The van der Waals surface area contributed by atoms with Crippen LogP contribution >= 0.6 is 0 Å². The second-order valence-corrected chi connectivity index (χ2v) is 3.99. The van der Waals surface area contributed by atoms with E-state index >= 15 is 0 Å². The summed E-state index contributed by atoms with van der Waals surface area (Å²) in [6.45, 7) is 1.11. The summed E-state index contributed by atoms with van der Waals surface area (Å²) in [5.41, 5.74) is 2.43. The molecule has 0 heterocycles. The molecule has 0 atom stereocenters. The van der Waals surface area contributed by atoms with Crippen molar-refractivity contribution in [1.29, 1.82) is 0 Å². The van der Waals surface area contributed by atoms with Gasteiger partial charge in [-0.1, -0.05) is 72.5 Å². The maximum Gasteiger partial charge on any atom is 0.108 e. The smallest absolute Gasteiger partial charge is 0.108 e. The molecule has 2 rings (SSSR count). The lowest BCUT2D eigenvalue weighted by Gasteiger charge is -1.99. The highest BCUT2D eigenvalue weighted by Crippen LogP contribution is 2.00. The monoisotopic (exact) mass is 236 g/mol. The van der Waals surface area contributed by atoms with E-state index in [4.69, 9.17) is 4.74 Å². The van der Waals surface area contributed by atoms with E-state index in [0.29, 0.717) is 13.2 Å². The molecule has 0 spiro atoms. The number of benzene rings is 2. The lowest BCUT2D eigenvalue weighted by Crippen LogP contribution is -1.92. The van der Waals surface area contributed by atoms with Crippen molar-refractivity contribution in [3.05, 3.63) is 71.8 Å². The Morgan fingerprint density at radius 1 is 0.722 bits per heavy atom. The molecular formula is C17H16O. The first-order valence-electron chi connectivity index (χ1n) is 6.06. The van der Waals surface area contributed by atoms with E-state index < -0.39 is 0 Å². The van der Waals surface area contributed by atoms with E-state index in [-0.39, 0.29) is 0 Å². The molecule has 0 bridgehead atoms. The zero-order valence-electron chi connectivity index (χ0n) is 10.3. The molecule has 1 heteroatoms. The Hall–Kier alpha value is -2.04. The minimum atomic E-state index is 0.488. The summed E-state index contributed by atoms with van der Waals surface area (Å²) in [4.78, 5) is 0. The Bertz CT molecular complexity index is 506. The van der Waals surface area contributed by atoms with Crippen molar-refractivity contribution >= 4 is 0 Å². The van der Waals surface area contributed by atoms with Gasteiger partial charge in [-0.05, 0) is 11.1 Å². The zero-order chi connectivity index (χ0) is 12.5. The first-order valence-corrected chi connectivity index (χ1v) is 6.06. The van der Waals surface area contributed by atoms with Gasteiger partial charge in [0.1, 0.15) is 6.61 Å². The summed E-state index contributed by atoms with van der Waals surface area (Å²) in [5, 5.41) is 0. The topological polar surface area (TPSA) is 9.23 Å². The zero-order valence-corrected chi connectivity index (χ0v) is 10.3. The van der Waals surface area contributed by atoms with Crippen LogP contribution in [0.3, 0.4) is 0 Å². The largest absolute Gasteiger partial charge is 0.364 e. The summed E-state index contributed by atoms with van der Waals surface area (Å²) < 4.78 is 5.48. The number of hydrogen-bond donors (Lipinski definition) is 0. The van der Waals surface area contributed by atoms with Gasteiger partial charge in [0.05, 0.1) is 6.61 Å². The maximum absolute atomic E-state index is 5.48. The predicted octanol–water partition coefficient (Wildman–Crippen LogP) is 3.45. The van der Waals surface area contributed by atoms with Crippen LogP contribution in [0, 0.1) is 11.8 Å². The van der Waals surface area contributed by atoms with E-state index in [1.54, 1.807) is 0 Å². The maximum atomic E-state index is 5.48. The molecule has 1 nitrogen and oxygen atoms in total. The molecule has 0 aliphatic carbocycles. The Kier molecular flexibility index (Phi) is 5.05. The minimum Gasteiger partial charge on any atom is -0.364 e. The molecule has 0 saturated heterocycles. The number of ether oxygens (including phenoxy) is 1. The highest BCUT2D eigenvalue weighted by atomic mass is 16.5. The molecule has 90 valence electrons. The van der Waals surface area contributed by atoms with Gasteiger partial charge < -0.3 is 4.74 Å². The van der Waals surface area contributed by atoms with Gasteiger partial charge in [0.25, 0.3) is 0 Å². The normalized spacial score (nSPS) is 9.56. The molecule has 2 aromatic rings. The Labute approximate surface area is 108 Å². The minimum absolute atomic E-state index is 0.488. The van der Waals surface area contributed by atoms with Gasteiger partial charge in [0.2, 0.25) is 0 Å². The predicted molar refractivity (Wildman–Crippen MR) is 74.0 cm³/mol. The lowest BCUT2D eigenvalue weighted by atomic mass is 10.2. The van der Waals surface area contributed by atoms with Gasteiger partial charge in [-0.3, -0.25) is 0 Å². The van der Waals surface area contributed by atoms with Crippen LogP contribution in [0.5, 0.6) is 0 Å². The van der Waals surface area contributed by atoms with Crippen LogP contribution in [-0.4, -0.2) is 6.61 Å². The Balaban J connectivity index is 1.67. The molecule has 0 radical (unpaired) electrons. The third-order valence-corrected chi connectivity index (χ3v) is 2.55. The Morgan fingerprint density at radius 3 is 2.00 bits per heavy atom. The first-order chi connectivity index (χ1) is 8.95. The van der Waals surface area contributed by atoms with Crippen LogP contribution in [0.4, 0.5) is 0 Å². The van der Waals surface area contributed by atoms with Crippen molar-refractivity contribution in [3.63, 3.8) is 0 Å². The quantitative estimate of drug-likeness (QED) is 0.583. The lowest BCUT2D eigenvalue weighted by molar-refractivity contribution is 0.153. The summed E-state index contributed by atoms with van der Waals surface area (Å²) >= 11 is 0. The van der Waals surface area contributed by atoms with Crippen LogP contribution in [0.25, 0.3) is 0 Å². The fourth-order valence-electron chi connectivity index (χ4n) is 1.61.